The molecule has 2 rings (SSSR count). The highest BCUT2D eigenvalue weighted by atomic mass is 15.3. The SMILES string of the molecule is CCC1(CN2CC(C)(C)NCC2C(C)C)CCCC1. The molecule has 112 valence electrons. The number of nitrogens with one attached hydrogen (secondary N) is 1. The number of nitrogens with zero attached hydrogens (tertiary/aromatic N) is 1. The van der Waals surface area contributed by atoms with Gasteiger partial charge in [-0.25, -0.2) is 0 Å². The van der Waals surface area contributed by atoms with Crippen LogP contribution in [0.5, 0.6) is 0 Å². The second-order valence-electron chi connectivity index (χ2n) is 8.04. The third-order valence-corrected chi connectivity index (χ3v) is 5.58. The fraction of sp³-hybridized carbons (Fsp3) is 1.00. The average molecular weight is 266 g/mol. The van der Waals surface area contributed by atoms with E-state index in [1.165, 1.54) is 45.2 Å². The zero-order chi connectivity index (χ0) is 14.1. The highest BCUT2D eigenvalue weighted by Crippen LogP contribution is 2.42. The van der Waals surface area contributed by atoms with Gasteiger partial charge in [-0.2, -0.15) is 0 Å². The Bertz CT molecular complexity index is 290. The minimum atomic E-state index is 0.277. The van der Waals surface area contributed by atoms with E-state index in [2.05, 4.69) is 44.8 Å². The summed E-state index contributed by atoms with van der Waals surface area (Å²) in [6, 6.07) is 0.719. The molecule has 1 aliphatic carbocycles. The van der Waals surface area contributed by atoms with Crippen LogP contribution in [0, 0.1) is 11.3 Å². The molecular weight excluding hydrogens is 232 g/mol. The van der Waals surface area contributed by atoms with Crippen molar-refractivity contribution in [3.8, 4) is 0 Å². The highest BCUT2D eigenvalue weighted by molar-refractivity contribution is 4.97. The molecule has 1 heterocycles. The maximum atomic E-state index is 3.73. The van der Waals surface area contributed by atoms with Gasteiger partial charge < -0.3 is 5.32 Å². The molecule has 2 aliphatic rings. The lowest BCUT2D eigenvalue weighted by molar-refractivity contribution is 0.0283. The van der Waals surface area contributed by atoms with Gasteiger partial charge in [-0.15, -0.1) is 0 Å². The summed E-state index contributed by atoms with van der Waals surface area (Å²) in [5, 5.41) is 3.73. The van der Waals surface area contributed by atoms with Crippen molar-refractivity contribution in [3.05, 3.63) is 0 Å². The zero-order valence-electron chi connectivity index (χ0n) is 13.8. The molecule has 2 fully saturated rings. The molecular formula is C17H34N2. The lowest BCUT2D eigenvalue weighted by Crippen LogP contribution is -2.64. The number of hydrogen-bond donors (Lipinski definition) is 1. The van der Waals surface area contributed by atoms with Crippen LogP contribution in [0.25, 0.3) is 0 Å². The van der Waals surface area contributed by atoms with E-state index in [0.29, 0.717) is 5.41 Å². The maximum absolute atomic E-state index is 3.73. The van der Waals surface area contributed by atoms with Crippen molar-refractivity contribution >= 4 is 0 Å². The van der Waals surface area contributed by atoms with E-state index < -0.39 is 0 Å². The predicted molar refractivity (Wildman–Crippen MR) is 83.5 cm³/mol. The summed E-state index contributed by atoms with van der Waals surface area (Å²) in [6.45, 7) is 15.6. The molecule has 1 N–H and O–H groups in total. The van der Waals surface area contributed by atoms with Crippen molar-refractivity contribution in [2.75, 3.05) is 19.6 Å². The van der Waals surface area contributed by atoms with Crippen LogP contribution < -0.4 is 5.32 Å². The summed E-state index contributed by atoms with van der Waals surface area (Å²) < 4.78 is 0. The molecule has 1 saturated heterocycles. The predicted octanol–water partition coefficient (Wildman–Crippen LogP) is 3.67. The fourth-order valence-electron chi connectivity index (χ4n) is 4.20. The molecule has 0 aromatic heterocycles. The van der Waals surface area contributed by atoms with Gasteiger partial charge >= 0.3 is 0 Å². The molecule has 0 bridgehead atoms. The summed E-state index contributed by atoms with van der Waals surface area (Å²) >= 11 is 0. The van der Waals surface area contributed by atoms with Gasteiger partial charge in [0.05, 0.1) is 0 Å². The molecule has 0 aromatic rings. The average Bonchev–Trinajstić information content (AvgIpc) is 2.76. The van der Waals surface area contributed by atoms with Gasteiger partial charge in [-0.05, 0) is 44.4 Å². The van der Waals surface area contributed by atoms with Crippen molar-refractivity contribution < 1.29 is 0 Å². The third kappa shape index (κ3) is 3.52. The van der Waals surface area contributed by atoms with Crippen LogP contribution in [0.4, 0.5) is 0 Å². The van der Waals surface area contributed by atoms with Crippen LogP contribution in [-0.4, -0.2) is 36.1 Å². The van der Waals surface area contributed by atoms with Crippen molar-refractivity contribution in [2.45, 2.75) is 78.3 Å². The van der Waals surface area contributed by atoms with Crippen molar-refractivity contribution in [3.63, 3.8) is 0 Å². The van der Waals surface area contributed by atoms with Gasteiger partial charge in [0.15, 0.2) is 0 Å². The molecule has 1 atom stereocenters. The van der Waals surface area contributed by atoms with Gasteiger partial charge in [-0.3, -0.25) is 4.90 Å². The standard InChI is InChI=1S/C17H34N2/c1-6-17(9-7-8-10-17)13-19-12-16(4,5)18-11-15(19)14(2)3/h14-15,18H,6-13H2,1-5H3. The summed E-state index contributed by atoms with van der Waals surface area (Å²) in [5.41, 5.74) is 0.902. The van der Waals surface area contributed by atoms with E-state index in [1.807, 2.05) is 0 Å². The molecule has 0 aromatic carbocycles. The molecule has 1 unspecified atom stereocenters. The van der Waals surface area contributed by atoms with Gasteiger partial charge in [-0.1, -0.05) is 33.6 Å². The Morgan fingerprint density at radius 2 is 1.84 bits per heavy atom. The van der Waals surface area contributed by atoms with Crippen LogP contribution in [0.1, 0.15) is 66.7 Å². The first-order valence-corrected chi connectivity index (χ1v) is 8.37. The van der Waals surface area contributed by atoms with Crippen LogP contribution in [0.2, 0.25) is 0 Å². The molecule has 0 radical (unpaired) electrons. The monoisotopic (exact) mass is 266 g/mol. The van der Waals surface area contributed by atoms with Gasteiger partial charge in [0, 0.05) is 31.2 Å². The number of rotatable bonds is 4. The first-order chi connectivity index (χ1) is 8.87. The summed E-state index contributed by atoms with van der Waals surface area (Å²) in [5.74, 6) is 0.749. The topological polar surface area (TPSA) is 15.3 Å². The van der Waals surface area contributed by atoms with E-state index in [9.17, 15) is 0 Å². The Morgan fingerprint density at radius 1 is 1.21 bits per heavy atom. The Hall–Kier alpha value is -0.0800. The lowest BCUT2D eigenvalue weighted by atomic mass is 9.81. The van der Waals surface area contributed by atoms with Crippen LogP contribution in [0.15, 0.2) is 0 Å². The van der Waals surface area contributed by atoms with Crippen LogP contribution in [-0.2, 0) is 0 Å². The molecule has 0 amide bonds. The summed E-state index contributed by atoms with van der Waals surface area (Å²) in [7, 11) is 0. The number of piperazine rings is 1. The van der Waals surface area contributed by atoms with E-state index in [-0.39, 0.29) is 5.54 Å². The lowest BCUT2D eigenvalue weighted by Gasteiger charge is -2.49. The van der Waals surface area contributed by atoms with E-state index in [0.717, 1.165) is 18.5 Å². The smallest absolute Gasteiger partial charge is 0.0252 e. The molecule has 1 saturated carbocycles. The van der Waals surface area contributed by atoms with Gasteiger partial charge in [0.1, 0.15) is 0 Å². The third-order valence-electron chi connectivity index (χ3n) is 5.58. The summed E-state index contributed by atoms with van der Waals surface area (Å²) in [6.07, 6.45) is 7.19. The number of hydrogen-bond acceptors (Lipinski definition) is 2. The van der Waals surface area contributed by atoms with Crippen molar-refractivity contribution in [2.24, 2.45) is 11.3 Å². The van der Waals surface area contributed by atoms with Crippen LogP contribution >= 0.6 is 0 Å². The molecule has 2 nitrogen and oxygen atoms in total. The Balaban J connectivity index is 2.09. The van der Waals surface area contributed by atoms with E-state index >= 15 is 0 Å². The summed E-state index contributed by atoms with van der Waals surface area (Å²) in [4.78, 5) is 2.82. The highest BCUT2D eigenvalue weighted by Gasteiger charge is 2.40. The van der Waals surface area contributed by atoms with Gasteiger partial charge in [0.25, 0.3) is 0 Å². The Morgan fingerprint density at radius 3 is 2.37 bits per heavy atom. The minimum Gasteiger partial charge on any atom is -0.309 e. The molecule has 0 spiro atoms. The van der Waals surface area contributed by atoms with Crippen molar-refractivity contribution in [1.82, 2.24) is 10.2 Å². The van der Waals surface area contributed by atoms with Gasteiger partial charge in [0.2, 0.25) is 0 Å². The Labute approximate surface area is 120 Å². The maximum Gasteiger partial charge on any atom is 0.0252 e. The van der Waals surface area contributed by atoms with E-state index in [4.69, 9.17) is 0 Å². The fourth-order valence-corrected chi connectivity index (χ4v) is 4.20. The molecule has 19 heavy (non-hydrogen) atoms. The zero-order valence-corrected chi connectivity index (χ0v) is 13.8. The Kier molecular flexibility index (Phi) is 4.62. The largest absolute Gasteiger partial charge is 0.309 e. The van der Waals surface area contributed by atoms with E-state index in [1.54, 1.807) is 0 Å². The first kappa shape index (κ1) is 15.3. The minimum absolute atomic E-state index is 0.277. The van der Waals surface area contributed by atoms with Crippen molar-refractivity contribution in [1.29, 1.82) is 0 Å². The molecule has 1 aliphatic heterocycles. The second-order valence-corrected chi connectivity index (χ2v) is 8.04. The molecule has 2 heteroatoms. The second kappa shape index (κ2) is 5.73. The normalized spacial score (nSPS) is 30.9. The van der Waals surface area contributed by atoms with Crippen LogP contribution in [0.3, 0.4) is 0 Å². The quantitative estimate of drug-likeness (QED) is 0.835. The first-order valence-electron chi connectivity index (χ1n) is 8.37.